The van der Waals surface area contributed by atoms with E-state index in [0.29, 0.717) is 6.54 Å². The average Bonchev–Trinajstić information content (AvgIpc) is 2.51. The molecular formula is C18H26F2N2O2. The van der Waals surface area contributed by atoms with Crippen LogP contribution in [-0.4, -0.2) is 24.4 Å². The molecule has 0 heterocycles. The summed E-state index contributed by atoms with van der Waals surface area (Å²) in [5.74, 6) is -3.37. The largest absolute Gasteiger partial charge is 0.354 e. The molecule has 0 aromatic heterocycles. The molecule has 0 bridgehead atoms. The Kier molecular flexibility index (Phi) is 8.36. The highest BCUT2D eigenvalue weighted by Crippen LogP contribution is 2.13. The molecule has 0 spiro atoms. The zero-order valence-corrected chi connectivity index (χ0v) is 14.5. The van der Waals surface area contributed by atoms with Crippen LogP contribution in [0.2, 0.25) is 0 Å². The number of unbranched alkanes of at least 4 members (excludes halogenated alkanes) is 3. The maximum absolute atomic E-state index is 13.7. The van der Waals surface area contributed by atoms with Crippen molar-refractivity contribution >= 4 is 11.8 Å². The topological polar surface area (TPSA) is 58.2 Å². The molecular weight excluding hydrogens is 314 g/mol. The second-order valence-corrected chi connectivity index (χ2v) is 6.14. The van der Waals surface area contributed by atoms with Gasteiger partial charge in [0.25, 0.3) is 5.91 Å². The van der Waals surface area contributed by atoms with Gasteiger partial charge in [-0.15, -0.1) is 0 Å². The highest BCUT2D eigenvalue weighted by molar-refractivity contribution is 5.98. The molecule has 2 amide bonds. The number of benzene rings is 1. The van der Waals surface area contributed by atoms with E-state index in [1.165, 1.54) is 6.07 Å². The molecule has 2 N–H and O–H groups in total. The molecule has 0 aliphatic heterocycles. The molecule has 0 aliphatic carbocycles. The van der Waals surface area contributed by atoms with E-state index in [-0.39, 0.29) is 11.8 Å². The summed E-state index contributed by atoms with van der Waals surface area (Å²) >= 11 is 0. The second kappa shape index (κ2) is 10.0. The fourth-order valence-corrected chi connectivity index (χ4v) is 2.34. The van der Waals surface area contributed by atoms with Crippen LogP contribution in [0.4, 0.5) is 8.78 Å². The Morgan fingerprint density at radius 3 is 2.25 bits per heavy atom. The Hall–Kier alpha value is -1.98. The smallest absolute Gasteiger partial charge is 0.257 e. The maximum atomic E-state index is 13.7. The summed E-state index contributed by atoms with van der Waals surface area (Å²) in [6.45, 7) is 6.15. The van der Waals surface area contributed by atoms with Crippen molar-refractivity contribution in [2.45, 2.75) is 52.5 Å². The Morgan fingerprint density at radius 1 is 1.08 bits per heavy atom. The number of hydrogen-bond donors (Lipinski definition) is 2. The van der Waals surface area contributed by atoms with Gasteiger partial charge in [0, 0.05) is 6.54 Å². The highest BCUT2D eigenvalue weighted by Gasteiger charge is 2.26. The fraction of sp³-hybridized carbons (Fsp3) is 0.556. The highest BCUT2D eigenvalue weighted by atomic mass is 19.1. The zero-order chi connectivity index (χ0) is 18.1. The molecule has 0 fully saturated rings. The predicted octanol–water partition coefficient (Wildman–Crippen LogP) is 3.42. The predicted molar refractivity (Wildman–Crippen MR) is 89.6 cm³/mol. The van der Waals surface area contributed by atoms with Gasteiger partial charge in [0.05, 0.1) is 0 Å². The minimum atomic E-state index is -0.949. The Labute approximate surface area is 142 Å². The van der Waals surface area contributed by atoms with E-state index in [2.05, 4.69) is 17.6 Å². The average molecular weight is 340 g/mol. The monoisotopic (exact) mass is 340 g/mol. The van der Waals surface area contributed by atoms with Crippen molar-refractivity contribution in [2.75, 3.05) is 6.54 Å². The first-order valence-corrected chi connectivity index (χ1v) is 8.41. The van der Waals surface area contributed by atoms with Crippen LogP contribution in [0.5, 0.6) is 0 Å². The number of rotatable bonds is 9. The lowest BCUT2D eigenvalue weighted by molar-refractivity contribution is -0.123. The molecule has 1 aromatic rings. The lowest BCUT2D eigenvalue weighted by atomic mass is 10.0. The van der Waals surface area contributed by atoms with Crippen LogP contribution < -0.4 is 10.6 Å². The van der Waals surface area contributed by atoms with Gasteiger partial charge < -0.3 is 10.6 Å². The van der Waals surface area contributed by atoms with Crippen molar-refractivity contribution in [1.29, 1.82) is 0 Å². The number of halogens is 2. The molecule has 24 heavy (non-hydrogen) atoms. The summed E-state index contributed by atoms with van der Waals surface area (Å²) < 4.78 is 27.3. The van der Waals surface area contributed by atoms with E-state index in [1.807, 2.05) is 0 Å². The van der Waals surface area contributed by atoms with E-state index < -0.39 is 29.1 Å². The van der Waals surface area contributed by atoms with Crippen LogP contribution in [-0.2, 0) is 4.79 Å². The zero-order valence-electron chi connectivity index (χ0n) is 14.5. The third-order valence-corrected chi connectivity index (χ3v) is 3.76. The molecule has 1 unspecified atom stereocenters. The number of amides is 2. The van der Waals surface area contributed by atoms with Crippen molar-refractivity contribution in [3.05, 3.63) is 35.4 Å². The summed E-state index contributed by atoms with van der Waals surface area (Å²) in [7, 11) is 0. The van der Waals surface area contributed by atoms with Gasteiger partial charge in [-0.05, 0) is 24.5 Å². The molecule has 1 atom stereocenters. The first-order valence-electron chi connectivity index (χ1n) is 8.41. The Morgan fingerprint density at radius 2 is 1.71 bits per heavy atom. The van der Waals surface area contributed by atoms with Gasteiger partial charge in [0.15, 0.2) is 0 Å². The third-order valence-electron chi connectivity index (χ3n) is 3.76. The molecule has 0 saturated heterocycles. The second-order valence-electron chi connectivity index (χ2n) is 6.14. The standard InChI is InChI=1S/C18H26F2N2O2/c1-4-5-6-7-11-21-18(24)16(12(2)3)22-17(23)15-13(19)9-8-10-14(15)20/h8-10,12,16H,4-7,11H2,1-3H3,(H,21,24)(H,22,23). The van der Waals surface area contributed by atoms with Crippen molar-refractivity contribution in [2.24, 2.45) is 5.92 Å². The quantitative estimate of drug-likeness (QED) is 0.677. The van der Waals surface area contributed by atoms with Crippen LogP contribution in [0.25, 0.3) is 0 Å². The first kappa shape index (κ1) is 20.1. The summed E-state index contributed by atoms with van der Waals surface area (Å²) in [4.78, 5) is 24.4. The van der Waals surface area contributed by atoms with Gasteiger partial charge in [-0.2, -0.15) is 0 Å². The molecule has 134 valence electrons. The Balaban J connectivity index is 2.68. The van der Waals surface area contributed by atoms with Crippen LogP contribution in [0.15, 0.2) is 18.2 Å². The van der Waals surface area contributed by atoms with Gasteiger partial charge in [0.1, 0.15) is 23.2 Å². The Bertz CT molecular complexity index is 542. The van der Waals surface area contributed by atoms with Crippen LogP contribution in [0, 0.1) is 17.6 Å². The first-order chi connectivity index (χ1) is 11.4. The van der Waals surface area contributed by atoms with Gasteiger partial charge >= 0.3 is 0 Å². The molecule has 6 heteroatoms. The third kappa shape index (κ3) is 5.91. The van der Waals surface area contributed by atoms with Crippen molar-refractivity contribution < 1.29 is 18.4 Å². The van der Waals surface area contributed by atoms with E-state index in [1.54, 1.807) is 13.8 Å². The van der Waals surface area contributed by atoms with Crippen molar-refractivity contribution in [3.63, 3.8) is 0 Å². The van der Waals surface area contributed by atoms with Crippen LogP contribution in [0.3, 0.4) is 0 Å². The summed E-state index contributed by atoms with van der Waals surface area (Å²) in [5.41, 5.74) is -0.668. The number of hydrogen-bond acceptors (Lipinski definition) is 2. The molecule has 0 radical (unpaired) electrons. The maximum Gasteiger partial charge on any atom is 0.257 e. The van der Waals surface area contributed by atoms with Crippen molar-refractivity contribution in [1.82, 2.24) is 10.6 Å². The molecule has 0 aliphatic rings. The lowest BCUT2D eigenvalue weighted by Crippen LogP contribution is -2.50. The minimum absolute atomic E-state index is 0.209. The van der Waals surface area contributed by atoms with E-state index in [9.17, 15) is 18.4 Å². The molecule has 1 aromatic carbocycles. The number of carbonyl (C=O) groups is 2. The van der Waals surface area contributed by atoms with E-state index in [0.717, 1.165) is 37.8 Å². The normalized spacial score (nSPS) is 12.1. The van der Waals surface area contributed by atoms with Crippen LogP contribution in [0.1, 0.15) is 56.8 Å². The number of nitrogens with one attached hydrogen (secondary N) is 2. The van der Waals surface area contributed by atoms with E-state index in [4.69, 9.17) is 0 Å². The van der Waals surface area contributed by atoms with E-state index >= 15 is 0 Å². The van der Waals surface area contributed by atoms with Crippen molar-refractivity contribution in [3.8, 4) is 0 Å². The SMILES string of the molecule is CCCCCCNC(=O)C(NC(=O)c1c(F)cccc1F)C(C)C. The summed E-state index contributed by atoms with van der Waals surface area (Å²) in [5, 5.41) is 5.20. The van der Waals surface area contributed by atoms with Gasteiger partial charge in [-0.25, -0.2) is 8.78 Å². The molecule has 0 saturated carbocycles. The number of carbonyl (C=O) groups excluding carboxylic acids is 2. The molecule has 1 rings (SSSR count). The minimum Gasteiger partial charge on any atom is -0.354 e. The van der Waals surface area contributed by atoms with Crippen LogP contribution >= 0.6 is 0 Å². The lowest BCUT2D eigenvalue weighted by Gasteiger charge is -2.22. The van der Waals surface area contributed by atoms with Gasteiger partial charge in [-0.3, -0.25) is 9.59 Å². The van der Waals surface area contributed by atoms with Gasteiger partial charge in [0.2, 0.25) is 5.91 Å². The summed E-state index contributed by atoms with van der Waals surface area (Å²) in [6, 6.07) is 2.36. The fourth-order valence-electron chi connectivity index (χ4n) is 2.34. The summed E-state index contributed by atoms with van der Waals surface area (Å²) in [6.07, 6.45) is 4.09. The molecule has 4 nitrogen and oxygen atoms in total. The van der Waals surface area contributed by atoms with Gasteiger partial charge in [-0.1, -0.05) is 46.1 Å².